The molecule has 4 rings (SSSR count). The minimum absolute atomic E-state index is 0.370. The van der Waals surface area contributed by atoms with Crippen molar-refractivity contribution in [2.45, 2.75) is 50.9 Å². The highest BCUT2D eigenvalue weighted by Crippen LogP contribution is 2.39. The predicted octanol–water partition coefficient (Wildman–Crippen LogP) is 5.39. The monoisotopic (exact) mass is 364 g/mol. The highest BCUT2D eigenvalue weighted by Gasteiger charge is 2.24. The lowest BCUT2D eigenvalue weighted by Gasteiger charge is -2.09. The summed E-state index contributed by atoms with van der Waals surface area (Å²) in [5.74, 6) is 0.127. The summed E-state index contributed by atoms with van der Waals surface area (Å²) in [6, 6.07) is 8.45. The van der Waals surface area contributed by atoms with Crippen molar-refractivity contribution in [1.29, 1.82) is 0 Å². The van der Waals surface area contributed by atoms with Gasteiger partial charge < -0.3 is 5.73 Å². The molecule has 0 spiro atoms. The number of aromatic nitrogens is 1. The number of nitrogens with zero attached hydrogens (tertiary/aromatic N) is 1. The van der Waals surface area contributed by atoms with Crippen LogP contribution in [0, 0.1) is 0 Å². The first-order chi connectivity index (χ1) is 12.7. The van der Waals surface area contributed by atoms with Crippen molar-refractivity contribution in [1.82, 2.24) is 4.98 Å². The number of nitrogens with two attached hydrogens (primary N) is 1. The fourth-order valence-electron chi connectivity index (χ4n) is 3.89. The van der Waals surface area contributed by atoms with Gasteiger partial charge in [-0.15, -0.1) is 11.3 Å². The molecule has 2 aliphatic carbocycles. The third-order valence-electron chi connectivity index (χ3n) is 5.33. The molecule has 2 aliphatic rings. The summed E-state index contributed by atoms with van der Waals surface area (Å²) in [6.45, 7) is 0. The van der Waals surface area contributed by atoms with Crippen molar-refractivity contribution in [3.63, 3.8) is 0 Å². The molecule has 26 heavy (non-hydrogen) atoms. The summed E-state index contributed by atoms with van der Waals surface area (Å²) in [5.41, 5.74) is 10.1. The number of hydrogen-bond donors (Lipinski definition) is 1. The van der Waals surface area contributed by atoms with Crippen LogP contribution in [0.2, 0.25) is 0 Å². The molecule has 0 atom stereocenters. The van der Waals surface area contributed by atoms with Gasteiger partial charge in [0.05, 0.1) is 10.7 Å². The number of primary amides is 1. The first kappa shape index (κ1) is 17.2. The smallest absolute Gasteiger partial charge is 0.261 e. The van der Waals surface area contributed by atoms with Crippen LogP contribution in [0.4, 0.5) is 0 Å². The Morgan fingerprint density at radius 1 is 1.19 bits per heavy atom. The van der Waals surface area contributed by atoms with E-state index in [2.05, 4.69) is 42.5 Å². The molecular weight excluding hydrogens is 340 g/mol. The molecule has 1 saturated carbocycles. The molecule has 1 heterocycles. The lowest BCUT2D eigenvalue weighted by molar-refractivity contribution is 0.100. The maximum atomic E-state index is 11.9. The van der Waals surface area contributed by atoms with Gasteiger partial charge in [-0.1, -0.05) is 60.9 Å². The van der Waals surface area contributed by atoms with E-state index in [4.69, 9.17) is 10.7 Å². The van der Waals surface area contributed by atoms with Crippen LogP contribution >= 0.6 is 11.3 Å². The molecule has 1 aromatic carbocycles. The molecule has 0 unspecified atom stereocenters. The molecule has 134 valence electrons. The quantitative estimate of drug-likeness (QED) is 0.774. The number of hydrogen-bond acceptors (Lipinski definition) is 3. The Labute approximate surface area is 158 Å². The highest BCUT2D eigenvalue weighted by molar-refractivity contribution is 7.14. The van der Waals surface area contributed by atoms with E-state index < -0.39 is 0 Å². The van der Waals surface area contributed by atoms with Gasteiger partial charge in [0.2, 0.25) is 0 Å². The van der Waals surface area contributed by atoms with E-state index in [9.17, 15) is 4.79 Å². The third-order valence-corrected chi connectivity index (χ3v) is 6.56. The molecule has 0 saturated heterocycles. The zero-order valence-electron chi connectivity index (χ0n) is 14.9. The van der Waals surface area contributed by atoms with Gasteiger partial charge in [-0.2, -0.15) is 0 Å². The minimum atomic E-state index is -0.370. The number of allylic oxidation sites excluding steroid dienone is 4. The molecule has 2 aromatic rings. The topological polar surface area (TPSA) is 56.0 Å². The van der Waals surface area contributed by atoms with Crippen LogP contribution in [-0.2, 0) is 6.42 Å². The summed E-state index contributed by atoms with van der Waals surface area (Å²) in [7, 11) is 0. The van der Waals surface area contributed by atoms with E-state index in [-0.39, 0.29) is 5.91 Å². The van der Waals surface area contributed by atoms with Crippen LogP contribution in [0.25, 0.3) is 11.3 Å². The van der Waals surface area contributed by atoms with Crippen LogP contribution in [0.3, 0.4) is 0 Å². The number of carbonyl (C=O) groups excluding carboxylic acids is 1. The van der Waals surface area contributed by atoms with Gasteiger partial charge in [0, 0.05) is 11.5 Å². The highest BCUT2D eigenvalue weighted by atomic mass is 32.1. The van der Waals surface area contributed by atoms with E-state index in [0.717, 1.165) is 35.5 Å². The fraction of sp³-hybridized carbons (Fsp3) is 0.364. The molecule has 0 aliphatic heterocycles. The average molecular weight is 365 g/mol. The number of benzene rings is 1. The molecular formula is C22H24N2OS. The van der Waals surface area contributed by atoms with Gasteiger partial charge in [-0.25, -0.2) is 4.98 Å². The van der Waals surface area contributed by atoms with Crippen molar-refractivity contribution in [2.75, 3.05) is 0 Å². The fourth-order valence-corrected chi connectivity index (χ4v) is 5.00. The number of amides is 1. The second-order valence-corrected chi connectivity index (χ2v) is 8.27. The van der Waals surface area contributed by atoms with Crippen molar-refractivity contribution < 1.29 is 4.79 Å². The van der Waals surface area contributed by atoms with Crippen LogP contribution in [0.15, 0.2) is 48.1 Å². The zero-order valence-corrected chi connectivity index (χ0v) is 15.7. The molecule has 1 amide bonds. The first-order valence-corrected chi connectivity index (χ1v) is 10.3. The van der Waals surface area contributed by atoms with Gasteiger partial charge >= 0.3 is 0 Å². The maximum Gasteiger partial charge on any atom is 0.261 e. The predicted molar refractivity (Wildman–Crippen MR) is 107 cm³/mol. The van der Waals surface area contributed by atoms with Crippen molar-refractivity contribution in [2.24, 2.45) is 5.73 Å². The minimum Gasteiger partial charge on any atom is -0.365 e. The maximum absolute atomic E-state index is 11.9. The average Bonchev–Trinajstić information content (AvgIpc) is 3.33. The largest absolute Gasteiger partial charge is 0.365 e. The Hall–Kier alpha value is -2.20. The second-order valence-electron chi connectivity index (χ2n) is 7.24. The van der Waals surface area contributed by atoms with E-state index in [0.29, 0.717) is 10.8 Å². The molecule has 0 radical (unpaired) electrons. The normalized spacial score (nSPS) is 17.5. The van der Waals surface area contributed by atoms with Gasteiger partial charge in [0.25, 0.3) is 5.91 Å². The van der Waals surface area contributed by atoms with E-state index >= 15 is 0 Å². The standard InChI is InChI=1S/C22H24N2OS/c23-21(25)20-19(24-22(26-20)18-8-4-5-9-18)17-12-10-16(11-13-17)14-15-6-2-1-3-7-15/h1-2,6,10-13,18H,3-5,7-9,14H2,(H2,23,25). The molecule has 1 fully saturated rings. The van der Waals surface area contributed by atoms with Crippen LogP contribution < -0.4 is 5.73 Å². The summed E-state index contributed by atoms with van der Waals surface area (Å²) >= 11 is 1.49. The van der Waals surface area contributed by atoms with Gasteiger partial charge in [-0.3, -0.25) is 4.79 Å². The number of rotatable bonds is 5. The summed E-state index contributed by atoms with van der Waals surface area (Å²) in [4.78, 5) is 17.4. The molecule has 3 nitrogen and oxygen atoms in total. The van der Waals surface area contributed by atoms with Crippen molar-refractivity contribution >= 4 is 17.2 Å². The number of thiazole rings is 1. The zero-order chi connectivity index (χ0) is 17.9. The van der Waals surface area contributed by atoms with Gasteiger partial charge in [0.15, 0.2) is 0 Å². The Morgan fingerprint density at radius 3 is 2.62 bits per heavy atom. The van der Waals surface area contributed by atoms with Gasteiger partial charge in [0.1, 0.15) is 4.88 Å². The van der Waals surface area contributed by atoms with Crippen molar-refractivity contribution in [3.8, 4) is 11.3 Å². The lowest BCUT2D eigenvalue weighted by Crippen LogP contribution is -2.10. The summed E-state index contributed by atoms with van der Waals surface area (Å²) < 4.78 is 0. The Kier molecular flexibility index (Phi) is 5.02. The third kappa shape index (κ3) is 3.65. The SMILES string of the molecule is NC(=O)c1sc(C2CCCC2)nc1-c1ccc(CC2=CC=CCC2)cc1. The number of carbonyl (C=O) groups is 1. The van der Waals surface area contributed by atoms with Crippen LogP contribution in [0.1, 0.15) is 64.7 Å². The Bertz CT molecular complexity index is 855. The van der Waals surface area contributed by atoms with E-state index in [1.54, 1.807) is 0 Å². The lowest BCUT2D eigenvalue weighted by atomic mass is 9.97. The van der Waals surface area contributed by atoms with Gasteiger partial charge in [-0.05, 0) is 37.7 Å². The van der Waals surface area contributed by atoms with Crippen LogP contribution in [0.5, 0.6) is 0 Å². The van der Waals surface area contributed by atoms with Crippen LogP contribution in [-0.4, -0.2) is 10.9 Å². The second kappa shape index (κ2) is 7.58. The Morgan fingerprint density at radius 2 is 1.96 bits per heavy atom. The summed E-state index contributed by atoms with van der Waals surface area (Å²) in [5, 5.41) is 1.08. The Balaban J connectivity index is 1.59. The van der Waals surface area contributed by atoms with Crippen molar-refractivity contribution in [3.05, 3.63) is 63.5 Å². The first-order valence-electron chi connectivity index (χ1n) is 9.45. The van der Waals surface area contributed by atoms with E-state index in [1.807, 2.05) is 0 Å². The molecule has 1 aromatic heterocycles. The molecule has 2 N–H and O–H groups in total. The summed E-state index contributed by atoms with van der Waals surface area (Å²) in [6.07, 6.45) is 14.7. The molecule has 4 heteroatoms. The van der Waals surface area contributed by atoms with E-state index in [1.165, 1.54) is 48.2 Å². The molecule has 0 bridgehead atoms.